The molecule has 0 heterocycles. The lowest BCUT2D eigenvalue weighted by molar-refractivity contribution is -0.124. The van der Waals surface area contributed by atoms with Crippen molar-refractivity contribution in [1.82, 2.24) is 0 Å². The lowest BCUT2D eigenvalue weighted by Gasteiger charge is -2.48. The van der Waals surface area contributed by atoms with E-state index in [1.165, 1.54) is 0 Å². The highest BCUT2D eigenvalue weighted by molar-refractivity contribution is 5.43. The Morgan fingerprint density at radius 3 is 2.06 bits per heavy atom. The summed E-state index contributed by atoms with van der Waals surface area (Å²) in [6.07, 6.45) is -0.218. The van der Waals surface area contributed by atoms with Crippen molar-refractivity contribution in [2.75, 3.05) is 6.54 Å². The molecule has 1 aliphatic rings. The topological polar surface area (TPSA) is 26.0 Å². The van der Waals surface area contributed by atoms with Crippen LogP contribution in [0.25, 0.3) is 0 Å². The van der Waals surface area contributed by atoms with E-state index in [1.807, 2.05) is 32.0 Å². The highest BCUT2D eigenvalue weighted by atomic mass is 19.3. The third-order valence-electron chi connectivity index (χ3n) is 3.60. The maximum absolute atomic E-state index is 13.1. The van der Waals surface area contributed by atoms with E-state index in [0.29, 0.717) is 6.54 Å². The lowest BCUT2D eigenvalue weighted by atomic mass is 9.60. The average Bonchev–Trinajstić information content (AvgIpc) is 2.13. The van der Waals surface area contributed by atoms with Crippen molar-refractivity contribution >= 4 is 0 Å². The summed E-state index contributed by atoms with van der Waals surface area (Å²) in [6, 6.07) is 5.89. The minimum atomic E-state index is -2.53. The highest BCUT2D eigenvalue weighted by Crippen LogP contribution is 2.54. The molecule has 1 saturated carbocycles. The second-order valence-corrected chi connectivity index (χ2v) is 4.96. The predicted octanol–water partition coefficient (Wildman–Crippen LogP) is 2.93. The SMILES string of the molecule is Cc1cccc(C)c1C1(CN)CC(F)(F)C1. The van der Waals surface area contributed by atoms with Crippen LogP contribution in [0.15, 0.2) is 18.2 Å². The van der Waals surface area contributed by atoms with E-state index >= 15 is 0 Å². The van der Waals surface area contributed by atoms with Crippen molar-refractivity contribution in [2.45, 2.75) is 38.0 Å². The van der Waals surface area contributed by atoms with Gasteiger partial charge in [0, 0.05) is 24.8 Å². The molecule has 0 spiro atoms. The molecule has 0 saturated heterocycles. The molecule has 3 heteroatoms. The van der Waals surface area contributed by atoms with Gasteiger partial charge < -0.3 is 5.73 Å². The predicted molar refractivity (Wildman–Crippen MR) is 60.8 cm³/mol. The van der Waals surface area contributed by atoms with E-state index in [0.717, 1.165) is 16.7 Å². The van der Waals surface area contributed by atoms with Gasteiger partial charge in [0.25, 0.3) is 0 Å². The fourth-order valence-electron chi connectivity index (χ4n) is 3.01. The molecule has 0 atom stereocenters. The van der Waals surface area contributed by atoms with E-state index in [2.05, 4.69) is 0 Å². The molecule has 0 aromatic heterocycles. The van der Waals surface area contributed by atoms with Crippen LogP contribution in [0.4, 0.5) is 8.78 Å². The fourth-order valence-corrected chi connectivity index (χ4v) is 3.01. The highest BCUT2D eigenvalue weighted by Gasteiger charge is 2.57. The van der Waals surface area contributed by atoms with Gasteiger partial charge in [-0.1, -0.05) is 18.2 Å². The van der Waals surface area contributed by atoms with Gasteiger partial charge in [0.2, 0.25) is 5.92 Å². The van der Waals surface area contributed by atoms with Crippen LogP contribution in [0.1, 0.15) is 29.5 Å². The smallest absolute Gasteiger partial charge is 0.250 e. The molecule has 0 bridgehead atoms. The van der Waals surface area contributed by atoms with Crippen LogP contribution in [0.2, 0.25) is 0 Å². The summed E-state index contributed by atoms with van der Waals surface area (Å²) in [5, 5.41) is 0. The number of aryl methyl sites for hydroxylation is 2. The van der Waals surface area contributed by atoms with Gasteiger partial charge in [0.05, 0.1) is 0 Å². The average molecular weight is 225 g/mol. The summed E-state index contributed by atoms with van der Waals surface area (Å²) < 4.78 is 26.2. The minimum absolute atomic E-state index is 0.109. The minimum Gasteiger partial charge on any atom is -0.330 e. The van der Waals surface area contributed by atoms with Crippen LogP contribution < -0.4 is 5.73 Å². The number of benzene rings is 1. The Morgan fingerprint density at radius 2 is 1.69 bits per heavy atom. The third-order valence-corrected chi connectivity index (χ3v) is 3.60. The second kappa shape index (κ2) is 3.52. The van der Waals surface area contributed by atoms with Gasteiger partial charge in [0.15, 0.2) is 0 Å². The van der Waals surface area contributed by atoms with Crippen LogP contribution in [-0.2, 0) is 5.41 Å². The molecule has 0 unspecified atom stereocenters. The Hall–Kier alpha value is -0.960. The van der Waals surface area contributed by atoms with Crippen LogP contribution in [-0.4, -0.2) is 12.5 Å². The molecule has 1 aromatic carbocycles. The molecule has 2 N–H and O–H groups in total. The normalized spacial score (nSPS) is 21.6. The zero-order valence-electron chi connectivity index (χ0n) is 9.69. The molecule has 1 nitrogen and oxygen atoms in total. The third kappa shape index (κ3) is 1.63. The van der Waals surface area contributed by atoms with E-state index in [9.17, 15) is 8.78 Å². The van der Waals surface area contributed by atoms with Gasteiger partial charge in [0.1, 0.15) is 0 Å². The lowest BCUT2D eigenvalue weighted by Crippen LogP contribution is -2.54. The largest absolute Gasteiger partial charge is 0.330 e. The van der Waals surface area contributed by atoms with Crippen LogP contribution >= 0.6 is 0 Å². The molecular weight excluding hydrogens is 208 g/mol. The first-order chi connectivity index (χ1) is 7.40. The second-order valence-electron chi connectivity index (χ2n) is 4.96. The van der Waals surface area contributed by atoms with Crippen molar-refractivity contribution in [3.05, 3.63) is 34.9 Å². The van der Waals surface area contributed by atoms with Crippen LogP contribution in [0.3, 0.4) is 0 Å². The van der Waals surface area contributed by atoms with E-state index in [1.54, 1.807) is 0 Å². The molecule has 0 amide bonds. The zero-order valence-corrected chi connectivity index (χ0v) is 9.69. The summed E-state index contributed by atoms with van der Waals surface area (Å²) in [5.41, 5.74) is 8.40. The van der Waals surface area contributed by atoms with Gasteiger partial charge in [-0.05, 0) is 30.5 Å². The molecule has 0 radical (unpaired) electrons. The van der Waals surface area contributed by atoms with Crippen LogP contribution in [0, 0.1) is 13.8 Å². The molecule has 1 fully saturated rings. The zero-order chi connectivity index (χ0) is 12.0. The van der Waals surface area contributed by atoms with Crippen molar-refractivity contribution in [3.63, 3.8) is 0 Å². The Balaban J connectivity index is 2.43. The van der Waals surface area contributed by atoms with Gasteiger partial charge in [-0.2, -0.15) is 0 Å². The Labute approximate surface area is 94.7 Å². The summed E-state index contributed by atoms with van der Waals surface area (Å²) in [5.74, 6) is -2.53. The van der Waals surface area contributed by atoms with Gasteiger partial charge in [-0.3, -0.25) is 0 Å². The standard InChI is InChI=1S/C13H17F2N/c1-9-4-3-5-10(2)11(9)12(8-16)6-13(14,15)7-12/h3-5H,6-8,16H2,1-2H3. The summed E-state index contributed by atoms with van der Waals surface area (Å²) in [4.78, 5) is 0. The molecule has 2 rings (SSSR count). The molecule has 88 valence electrons. The number of halogens is 2. The van der Waals surface area contributed by atoms with Crippen LogP contribution in [0.5, 0.6) is 0 Å². The van der Waals surface area contributed by atoms with Gasteiger partial charge >= 0.3 is 0 Å². The number of hydrogen-bond acceptors (Lipinski definition) is 1. The first kappa shape index (κ1) is 11.5. The van der Waals surface area contributed by atoms with Crippen molar-refractivity contribution in [1.29, 1.82) is 0 Å². The van der Waals surface area contributed by atoms with E-state index in [-0.39, 0.29) is 12.8 Å². The molecule has 16 heavy (non-hydrogen) atoms. The Kier molecular flexibility index (Phi) is 2.54. The van der Waals surface area contributed by atoms with E-state index in [4.69, 9.17) is 5.73 Å². The summed E-state index contributed by atoms with van der Waals surface area (Å²) in [7, 11) is 0. The van der Waals surface area contributed by atoms with Crippen molar-refractivity contribution < 1.29 is 8.78 Å². The summed E-state index contributed by atoms with van der Waals surface area (Å²) >= 11 is 0. The van der Waals surface area contributed by atoms with Gasteiger partial charge in [-0.15, -0.1) is 0 Å². The fraction of sp³-hybridized carbons (Fsp3) is 0.538. The van der Waals surface area contributed by atoms with Crippen molar-refractivity contribution in [2.24, 2.45) is 5.73 Å². The molecule has 1 aromatic rings. The first-order valence-corrected chi connectivity index (χ1v) is 5.55. The number of alkyl halides is 2. The first-order valence-electron chi connectivity index (χ1n) is 5.55. The monoisotopic (exact) mass is 225 g/mol. The number of nitrogens with two attached hydrogens (primary N) is 1. The number of rotatable bonds is 2. The molecular formula is C13H17F2N. The maximum Gasteiger partial charge on any atom is 0.250 e. The number of hydrogen-bond donors (Lipinski definition) is 1. The molecule has 0 aliphatic heterocycles. The quantitative estimate of drug-likeness (QED) is 0.822. The Bertz CT molecular complexity index is 384. The summed E-state index contributed by atoms with van der Waals surface area (Å²) in [6.45, 7) is 4.24. The maximum atomic E-state index is 13.1. The van der Waals surface area contributed by atoms with Crippen molar-refractivity contribution in [3.8, 4) is 0 Å². The molecule has 1 aliphatic carbocycles. The van der Waals surface area contributed by atoms with E-state index < -0.39 is 11.3 Å². The Morgan fingerprint density at radius 1 is 1.19 bits per heavy atom. The van der Waals surface area contributed by atoms with Gasteiger partial charge in [-0.25, -0.2) is 8.78 Å².